The maximum absolute atomic E-state index is 12.7. The van der Waals surface area contributed by atoms with Gasteiger partial charge in [-0.15, -0.1) is 0 Å². The van der Waals surface area contributed by atoms with Gasteiger partial charge in [0.25, 0.3) is 0 Å². The van der Waals surface area contributed by atoms with Gasteiger partial charge in [0.05, 0.1) is 12.0 Å². The number of amides is 1. The second-order valence-electron chi connectivity index (χ2n) is 6.77. The number of hydrogen-bond donors (Lipinski definition) is 2. The Kier molecular flexibility index (Phi) is 4.19. The van der Waals surface area contributed by atoms with E-state index in [4.69, 9.17) is 0 Å². The summed E-state index contributed by atoms with van der Waals surface area (Å²) >= 11 is 0. The van der Waals surface area contributed by atoms with E-state index in [-0.39, 0.29) is 18.2 Å². The van der Waals surface area contributed by atoms with Gasteiger partial charge in [0, 0.05) is 5.92 Å². The van der Waals surface area contributed by atoms with Gasteiger partial charge < -0.3 is 10.4 Å². The average molecular weight is 301 g/mol. The molecule has 0 aliphatic heterocycles. The molecule has 0 unspecified atom stereocenters. The summed E-state index contributed by atoms with van der Waals surface area (Å²) < 4.78 is 0. The summed E-state index contributed by atoms with van der Waals surface area (Å²) in [5.74, 6) is -0.846. The lowest BCUT2D eigenvalue weighted by Gasteiger charge is -2.37. The van der Waals surface area contributed by atoms with Crippen LogP contribution in [0, 0.1) is 5.92 Å². The number of rotatable bonds is 4. The zero-order valence-electron chi connectivity index (χ0n) is 12.8. The predicted octanol–water partition coefficient (Wildman–Crippen LogP) is 2.70. The van der Waals surface area contributed by atoms with Crippen molar-refractivity contribution in [1.82, 2.24) is 5.32 Å². The smallest absolute Gasteiger partial charge is 0.305 e. The highest BCUT2D eigenvalue weighted by atomic mass is 16.4. The third-order valence-corrected chi connectivity index (χ3v) is 5.11. The fraction of sp³-hybridized carbons (Fsp3) is 0.556. The van der Waals surface area contributed by atoms with Gasteiger partial charge in [0.2, 0.25) is 5.91 Å². The maximum atomic E-state index is 12.7. The molecule has 2 aliphatic carbocycles. The molecule has 118 valence electrons. The number of fused-ring (bicyclic) bond motifs is 1. The van der Waals surface area contributed by atoms with Crippen LogP contribution in [0.3, 0.4) is 0 Å². The first kappa shape index (κ1) is 15.1. The van der Waals surface area contributed by atoms with Gasteiger partial charge in [-0.2, -0.15) is 0 Å². The molecule has 2 N–H and O–H groups in total. The third-order valence-electron chi connectivity index (χ3n) is 5.11. The second-order valence-corrected chi connectivity index (χ2v) is 6.77. The summed E-state index contributed by atoms with van der Waals surface area (Å²) in [7, 11) is 0. The Bertz CT molecular complexity index is 550. The Morgan fingerprint density at radius 2 is 1.68 bits per heavy atom. The minimum absolute atomic E-state index is 0.0272. The van der Waals surface area contributed by atoms with Crippen LogP contribution < -0.4 is 5.32 Å². The van der Waals surface area contributed by atoms with Crippen molar-refractivity contribution >= 4 is 11.9 Å². The van der Waals surface area contributed by atoms with Crippen LogP contribution in [-0.2, 0) is 22.4 Å². The van der Waals surface area contributed by atoms with Crippen LogP contribution in [0.1, 0.15) is 49.7 Å². The standard InChI is InChI=1S/C18H23NO3/c20-16(21)12-18(8-4-1-5-9-18)19-17(22)15-10-13-6-2-3-7-14(13)11-15/h2-3,6-7,15H,1,4-5,8-12H2,(H,19,22)(H,20,21). The van der Waals surface area contributed by atoms with E-state index in [1.807, 2.05) is 12.1 Å². The molecule has 1 fully saturated rings. The van der Waals surface area contributed by atoms with Crippen molar-refractivity contribution < 1.29 is 14.7 Å². The number of carbonyl (C=O) groups excluding carboxylic acids is 1. The highest BCUT2D eigenvalue weighted by Crippen LogP contribution is 2.33. The minimum Gasteiger partial charge on any atom is -0.481 e. The molecule has 0 radical (unpaired) electrons. The first-order valence-electron chi connectivity index (χ1n) is 8.19. The molecule has 0 atom stereocenters. The molecule has 4 nitrogen and oxygen atoms in total. The quantitative estimate of drug-likeness (QED) is 0.898. The minimum atomic E-state index is -0.822. The van der Waals surface area contributed by atoms with Gasteiger partial charge in [-0.1, -0.05) is 43.5 Å². The van der Waals surface area contributed by atoms with Crippen molar-refractivity contribution in [2.24, 2.45) is 5.92 Å². The fourth-order valence-electron chi connectivity index (χ4n) is 3.97. The van der Waals surface area contributed by atoms with Crippen LogP contribution in [-0.4, -0.2) is 22.5 Å². The lowest BCUT2D eigenvalue weighted by molar-refractivity contribution is -0.140. The molecule has 3 rings (SSSR count). The number of nitrogens with one attached hydrogen (secondary N) is 1. The zero-order chi connectivity index (χ0) is 15.6. The number of benzene rings is 1. The molecule has 0 heterocycles. The number of aliphatic carboxylic acids is 1. The van der Waals surface area contributed by atoms with E-state index in [0.29, 0.717) is 0 Å². The number of carbonyl (C=O) groups is 2. The van der Waals surface area contributed by atoms with Crippen molar-refractivity contribution in [1.29, 1.82) is 0 Å². The van der Waals surface area contributed by atoms with Crippen molar-refractivity contribution in [3.8, 4) is 0 Å². The Balaban J connectivity index is 1.68. The molecule has 0 saturated heterocycles. The monoisotopic (exact) mass is 301 g/mol. The Morgan fingerprint density at radius 3 is 2.23 bits per heavy atom. The molecule has 1 aromatic carbocycles. The number of carboxylic acids is 1. The Labute approximate surface area is 130 Å². The molecular weight excluding hydrogens is 278 g/mol. The number of hydrogen-bond acceptors (Lipinski definition) is 2. The highest BCUT2D eigenvalue weighted by Gasteiger charge is 2.38. The van der Waals surface area contributed by atoms with Crippen LogP contribution in [0.4, 0.5) is 0 Å². The van der Waals surface area contributed by atoms with Crippen molar-refractivity contribution in [2.75, 3.05) is 0 Å². The van der Waals surface area contributed by atoms with Crippen LogP contribution in [0.2, 0.25) is 0 Å². The van der Waals surface area contributed by atoms with Crippen molar-refractivity contribution in [3.05, 3.63) is 35.4 Å². The first-order chi connectivity index (χ1) is 10.6. The molecule has 4 heteroatoms. The van der Waals surface area contributed by atoms with Gasteiger partial charge in [-0.25, -0.2) is 0 Å². The van der Waals surface area contributed by atoms with Gasteiger partial charge in [-0.05, 0) is 36.8 Å². The summed E-state index contributed by atoms with van der Waals surface area (Å²) in [5.41, 5.74) is 1.97. The second kappa shape index (κ2) is 6.11. The Morgan fingerprint density at radius 1 is 1.09 bits per heavy atom. The summed E-state index contributed by atoms with van der Waals surface area (Å²) in [6.45, 7) is 0. The van der Waals surface area contributed by atoms with Gasteiger partial charge >= 0.3 is 5.97 Å². The maximum Gasteiger partial charge on any atom is 0.305 e. The fourth-order valence-corrected chi connectivity index (χ4v) is 3.97. The summed E-state index contributed by atoms with van der Waals surface area (Å²) in [6, 6.07) is 8.17. The van der Waals surface area contributed by atoms with E-state index in [1.165, 1.54) is 11.1 Å². The van der Waals surface area contributed by atoms with Gasteiger partial charge in [-0.3, -0.25) is 9.59 Å². The van der Waals surface area contributed by atoms with Crippen LogP contribution in [0.15, 0.2) is 24.3 Å². The van der Waals surface area contributed by atoms with E-state index < -0.39 is 11.5 Å². The molecule has 1 saturated carbocycles. The molecule has 0 aromatic heterocycles. The molecule has 2 aliphatic rings. The normalized spacial score (nSPS) is 20.4. The average Bonchev–Trinajstić information content (AvgIpc) is 2.91. The Hall–Kier alpha value is -1.84. The molecule has 22 heavy (non-hydrogen) atoms. The van der Waals surface area contributed by atoms with Crippen molar-refractivity contribution in [2.45, 2.75) is 56.9 Å². The lowest BCUT2D eigenvalue weighted by atomic mass is 9.79. The summed E-state index contributed by atoms with van der Waals surface area (Å²) in [6.07, 6.45) is 6.27. The first-order valence-corrected chi connectivity index (χ1v) is 8.19. The predicted molar refractivity (Wildman–Crippen MR) is 83.6 cm³/mol. The third kappa shape index (κ3) is 3.16. The SMILES string of the molecule is O=C(O)CC1(NC(=O)C2Cc3ccccc3C2)CCCCC1. The van der Waals surface area contributed by atoms with Crippen LogP contribution >= 0.6 is 0 Å². The van der Waals surface area contributed by atoms with E-state index in [1.54, 1.807) is 0 Å². The van der Waals surface area contributed by atoms with Crippen molar-refractivity contribution in [3.63, 3.8) is 0 Å². The molecular formula is C18H23NO3. The van der Waals surface area contributed by atoms with E-state index in [9.17, 15) is 14.7 Å². The van der Waals surface area contributed by atoms with E-state index >= 15 is 0 Å². The summed E-state index contributed by atoms with van der Waals surface area (Å²) in [5, 5.41) is 12.3. The van der Waals surface area contributed by atoms with E-state index in [2.05, 4.69) is 17.4 Å². The van der Waals surface area contributed by atoms with Crippen LogP contribution in [0.25, 0.3) is 0 Å². The summed E-state index contributed by atoms with van der Waals surface area (Å²) in [4.78, 5) is 23.9. The molecule has 0 bridgehead atoms. The van der Waals surface area contributed by atoms with E-state index in [0.717, 1.165) is 44.9 Å². The molecule has 0 spiro atoms. The number of carboxylic acid groups (broad SMARTS) is 1. The van der Waals surface area contributed by atoms with Crippen LogP contribution in [0.5, 0.6) is 0 Å². The zero-order valence-corrected chi connectivity index (χ0v) is 12.8. The van der Waals surface area contributed by atoms with Gasteiger partial charge in [0.15, 0.2) is 0 Å². The molecule has 1 aromatic rings. The highest BCUT2D eigenvalue weighted by molar-refractivity contribution is 5.82. The topological polar surface area (TPSA) is 66.4 Å². The lowest BCUT2D eigenvalue weighted by Crippen LogP contribution is -2.53. The molecule has 1 amide bonds. The van der Waals surface area contributed by atoms with Gasteiger partial charge in [0.1, 0.15) is 0 Å². The largest absolute Gasteiger partial charge is 0.481 e.